The first-order chi connectivity index (χ1) is 10.6. The Morgan fingerprint density at radius 2 is 2.23 bits per heavy atom. The van der Waals surface area contributed by atoms with Crippen LogP contribution in [0.3, 0.4) is 0 Å². The number of fused-ring (bicyclic) bond motifs is 1. The van der Waals surface area contributed by atoms with Gasteiger partial charge in [0.05, 0.1) is 19.3 Å². The molecule has 0 fully saturated rings. The summed E-state index contributed by atoms with van der Waals surface area (Å²) in [6.07, 6.45) is 4.78. The molecule has 0 amide bonds. The lowest BCUT2D eigenvalue weighted by molar-refractivity contribution is 0.281. The van der Waals surface area contributed by atoms with Crippen molar-refractivity contribution in [2.45, 2.75) is 13.2 Å². The van der Waals surface area contributed by atoms with Crippen molar-refractivity contribution in [3.63, 3.8) is 0 Å². The molecule has 0 aliphatic heterocycles. The number of aromatic nitrogens is 5. The van der Waals surface area contributed by atoms with Crippen LogP contribution in [-0.2, 0) is 20.2 Å². The molecule has 2 N–H and O–H groups in total. The largest absolute Gasteiger partial charge is 0.392 e. The highest BCUT2D eigenvalue weighted by Gasteiger charge is 2.12. The maximum absolute atomic E-state index is 12.0. The summed E-state index contributed by atoms with van der Waals surface area (Å²) in [5, 5.41) is 13.9. The number of nitrogens with zero attached hydrogens (tertiary/aromatic N) is 5. The summed E-state index contributed by atoms with van der Waals surface area (Å²) >= 11 is 0. The molecular weight excluding hydrogens is 284 g/mol. The van der Waals surface area contributed by atoms with E-state index in [9.17, 15) is 9.90 Å². The van der Waals surface area contributed by atoms with Crippen LogP contribution < -0.4 is 10.5 Å². The molecule has 3 heterocycles. The molecule has 0 aliphatic carbocycles. The molecule has 3 rings (SSSR count). The number of aromatic amines is 1. The SMILES string of the molecule is CN(Cc1nc2c(cnn2C)c(=O)[nH]1)c1ccncc1CO. The molecule has 0 aliphatic rings. The third kappa shape index (κ3) is 2.44. The summed E-state index contributed by atoms with van der Waals surface area (Å²) in [7, 11) is 3.61. The molecule has 0 unspecified atom stereocenters. The van der Waals surface area contributed by atoms with Gasteiger partial charge in [0.1, 0.15) is 11.2 Å². The Morgan fingerprint density at radius 3 is 3.00 bits per heavy atom. The first-order valence-corrected chi connectivity index (χ1v) is 6.76. The van der Waals surface area contributed by atoms with Crippen LogP contribution in [0.25, 0.3) is 11.0 Å². The van der Waals surface area contributed by atoms with E-state index in [0.29, 0.717) is 29.0 Å². The number of pyridine rings is 1. The molecular formula is C14H16N6O2. The Hall–Kier alpha value is -2.74. The van der Waals surface area contributed by atoms with E-state index in [1.807, 2.05) is 18.0 Å². The van der Waals surface area contributed by atoms with Gasteiger partial charge in [0.2, 0.25) is 0 Å². The lowest BCUT2D eigenvalue weighted by Crippen LogP contribution is -2.22. The third-order valence-corrected chi connectivity index (χ3v) is 3.50. The van der Waals surface area contributed by atoms with Crippen LogP contribution in [0, 0.1) is 0 Å². The van der Waals surface area contributed by atoms with Gasteiger partial charge in [-0.05, 0) is 6.07 Å². The first kappa shape index (κ1) is 14.2. The number of aliphatic hydroxyl groups is 1. The zero-order valence-electron chi connectivity index (χ0n) is 12.3. The van der Waals surface area contributed by atoms with Crippen LogP contribution in [0.1, 0.15) is 11.4 Å². The van der Waals surface area contributed by atoms with Crippen molar-refractivity contribution in [3.05, 3.63) is 46.4 Å². The monoisotopic (exact) mass is 300 g/mol. The molecule has 8 nitrogen and oxygen atoms in total. The van der Waals surface area contributed by atoms with E-state index in [1.54, 1.807) is 24.1 Å². The minimum absolute atomic E-state index is 0.0990. The predicted octanol–water partition coefficient (Wildman–Crippen LogP) is 0.180. The van der Waals surface area contributed by atoms with E-state index in [0.717, 1.165) is 5.69 Å². The van der Waals surface area contributed by atoms with Gasteiger partial charge in [-0.25, -0.2) is 4.98 Å². The summed E-state index contributed by atoms with van der Waals surface area (Å²) < 4.78 is 1.57. The van der Waals surface area contributed by atoms with Gasteiger partial charge in [-0.15, -0.1) is 0 Å². The molecule has 0 saturated carbocycles. The number of rotatable bonds is 4. The minimum atomic E-state index is -0.210. The Balaban J connectivity index is 1.95. The van der Waals surface area contributed by atoms with Crippen molar-refractivity contribution in [2.24, 2.45) is 7.05 Å². The molecule has 0 atom stereocenters. The van der Waals surface area contributed by atoms with E-state index in [-0.39, 0.29) is 12.2 Å². The molecule has 22 heavy (non-hydrogen) atoms. The van der Waals surface area contributed by atoms with Crippen LogP contribution in [0.15, 0.2) is 29.5 Å². The highest BCUT2D eigenvalue weighted by Crippen LogP contribution is 2.19. The smallest absolute Gasteiger partial charge is 0.262 e. The lowest BCUT2D eigenvalue weighted by Gasteiger charge is -2.20. The molecule has 0 radical (unpaired) electrons. The Morgan fingerprint density at radius 1 is 1.41 bits per heavy atom. The summed E-state index contributed by atoms with van der Waals surface area (Å²) in [4.78, 5) is 25.1. The number of nitrogens with one attached hydrogen (secondary N) is 1. The van der Waals surface area contributed by atoms with Crippen molar-refractivity contribution >= 4 is 16.7 Å². The molecule has 3 aromatic heterocycles. The van der Waals surface area contributed by atoms with E-state index in [1.165, 1.54) is 6.20 Å². The normalized spacial score (nSPS) is 11.0. The van der Waals surface area contributed by atoms with E-state index in [2.05, 4.69) is 20.1 Å². The zero-order valence-corrected chi connectivity index (χ0v) is 12.3. The second-order valence-corrected chi connectivity index (χ2v) is 5.04. The van der Waals surface area contributed by atoms with Gasteiger partial charge < -0.3 is 15.0 Å². The van der Waals surface area contributed by atoms with Gasteiger partial charge in [-0.2, -0.15) is 5.10 Å². The van der Waals surface area contributed by atoms with Crippen LogP contribution in [0.4, 0.5) is 5.69 Å². The standard InChI is InChI=1S/C14H16N6O2/c1-19(11-3-4-15-5-9(11)8-21)7-12-17-13-10(14(22)18-12)6-16-20(13)2/h3-6,21H,7-8H2,1-2H3,(H,17,18,22). The van der Waals surface area contributed by atoms with Gasteiger partial charge in [0.25, 0.3) is 5.56 Å². The highest BCUT2D eigenvalue weighted by atomic mass is 16.3. The van der Waals surface area contributed by atoms with Crippen molar-refractivity contribution < 1.29 is 5.11 Å². The molecule has 0 saturated heterocycles. The zero-order chi connectivity index (χ0) is 15.7. The van der Waals surface area contributed by atoms with Crippen LogP contribution >= 0.6 is 0 Å². The number of hydrogen-bond acceptors (Lipinski definition) is 6. The number of aryl methyl sites for hydroxylation is 1. The third-order valence-electron chi connectivity index (χ3n) is 3.50. The van der Waals surface area contributed by atoms with Gasteiger partial charge in [0.15, 0.2) is 5.65 Å². The predicted molar refractivity (Wildman–Crippen MR) is 81.4 cm³/mol. The average Bonchev–Trinajstić information content (AvgIpc) is 2.89. The van der Waals surface area contributed by atoms with Gasteiger partial charge in [-0.1, -0.05) is 0 Å². The van der Waals surface area contributed by atoms with E-state index >= 15 is 0 Å². The summed E-state index contributed by atoms with van der Waals surface area (Å²) in [6, 6.07) is 1.81. The van der Waals surface area contributed by atoms with E-state index in [4.69, 9.17) is 0 Å². The second kappa shape index (κ2) is 5.57. The minimum Gasteiger partial charge on any atom is -0.392 e. The average molecular weight is 300 g/mol. The fourth-order valence-corrected chi connectivity index (χ4v) is 2.38. The number of H-pyrrole nitrogens is 1. The van der Waals surface area contributed by atoms with Crippen LogP contribution in [0.2, 0.25) is 0 Å². The quantitative estimate of drug-likeness (QED) is 0.713. The lowest BCUT2D eigenvalue weighted by atomic mass is 10.2. The van der Waals surface area contributed by atoms with Crippen LogP contribution in [0.5, 0.6) is 0 Å². The molecule has 3 aromatic rings. The van der Waals surface area contributed by atoms with Crippen molar-refractivity contribution in [1.82, 2.24) is 24.7 Å². The Labute approximate surface area is 126 Å². The molecule has 0 aromatic carbocycles. The molecule has 0 bridgehead atoms. The van der Waals surface area contributed by atoms with E-state index < -0.39 is 0 Å². The summed E-state index contributed by atoms with van der Waals surface area (Å²) in [5.41, 5.74) is 1.89. The van der Waals surface area contributed by atoms with Crippen molar-refractivity contribution in [1.29, 1.82) is 0 Å². The maximum atomic E-state index is 12.0. The highest BCUT2D eigenvalue weighted by molar-refractivity contribution is 5.72. The number of anilines is 1. The van der Waals surface area contributed by atoms with Gasteiger partial charge in [0, 0.05) is 37.7 Å². The number of aliphatic hydroxyl groups excluding tert-OH is 1. The topological polar surface area (TPSA) is 99.9 Å². The summed E-state index contributed by atoms with van der Waals surface area (Å²) in [5.74, 6) is 0.532. The summed E-state index contributed by atoms with van der Waals surface area (Å²) in [6.45, 7) is 0.297. The molecule has 8 heteroatoms. The molecule has 114 valence electrons. The Kier molecular flexibility index (Phi) is 3.60. The molecule has 0 spiro atoms. The van der Waals surface area contributed by atoms with Gasteiger partial charge >= 0.3 is 0 Å². The van der Waals surface area contributed by atoms with Crippen molar-refractivity contribution in [2.75, 3.05) is 11.9 Å². The fourth-order valence-electron chi connectivity index (χ4n) is 2.38. The van der Waals surface area contributed by atoms with Crippen LogP contribution in [-0.4, -0.2) is 36.9 Å². The first-order valence-electron chi connectivity index (χ1n) is 6.76. The maximum Gasteiger partial charge on any atom is 0.262 e. The second-order valence-electron chi connectivity index (χ2n) is 5.04. The Bertz CT molecular complexity index is 869. The fraction of sp³-hybridized carbons (Fsp3) is 0.286. The van der Waals surface area contributed by atoms with Gasteiger partial charge in [-0.3, -0.25) is 14.5 Å². The number of hydrogen-bond donors (Lipinski definition) is 2. The van der Waals surface area contributed by atoms with Crippen molar-refractivity contribution in [3.8, 4) is 0 Å².